The molecular formula is C25H19ClN4O3. The second-order valence-electron chi connectivity index (χ2n) is 7.72. The van der Waals surface area contributed by atoms with Gasteiger partial charge in [0.05, 0.1) is 23.2 Å². The van der Waals surface area contributed by atoms with E-state index in [1.807, 2.05) is 42.5 Å². The molecule has 164 valence electrons. The van der Waals surface area contributed by atoms with E-state index in [0.717, 1.165) is 5.56 Å². The van der Waals surface area contributed by atoms with Crippen molar-refractivity contribution >= 4 is 34.6 Å². The average molecular weight is 459 g/mol. The van der Waals surface area contributed by atoms with Crippen molar-refractivity contribution in [1.29, 1.82) is 0 Å². The third-order valence-corrected chi connectivity index (χ3v) is 5.97. The van der Waals surface area contributed by atoms with Crippen LogP contribution in [0.1, 0.15) is 17.2 Å². The van der Waals surface area contributed by atoms with Gasteiger partial charge in [0.2, 0.25) is 0 Å². The fourth-order valence-corrected chi connectivity index (χ4v) is 4.43. The Labute approximate surface area is 195 Å². The quantitative estimate of drug-likeness (QED) is 0.454. The third kappa shape index (κ3) is 3.76. The van der Waals surface area contributed by atoms with E-state index in [1.54, 1.807) is 29.2 Å². The number of aliphatic imine (C=N–C) groups is 1. The van der Waals surface area contributed by atoms with Crippen molar-refractivity contribution in [2.45, 2.75) is 6.04 Å². The molecule has 0 saturated carbocycles. The first-order valence-electron chi connectivity index (χ1n) is 10.5. The lowest BCUT2D eigenvalue weighted by Crippen LogP contribution is -2.33. The molecular weight excluding hydrogens is 440 g/mol. The minimum absolute atomic E-state index is 0.0337. The van der Waals surface area contributed by atoms with E-state index in [9.17, 15) is 14.9 Å². The number of anilines is 1. The predicted octanol–water partition coefficient (Wildman–Crippen LogP) is 4.68. The minimum atomic E-state index is -0.588. The molecule has 8 heteroatoms. The number of nitro groups is 1. The molecule has 0 spiro atoms. The number of non-ortho nitro benzene ring substituents is 1. The lowest BCUT2D eigenvalue weighted by Gasteiger charge is -2.28. The minimum Gasteiger partial charge on any atom is -0.378 e. The lowest BCUT2D eigenvalue weighted by molar-refractivity contribution is -0.384. The van der Waals surface area contributed by atoms with Crippen LogP contribution in [0.4, 0.5) is 11.4 Å². The number of para-hydroxylation sites is 1. The van der Waals surface area contributed by atoms with Crippen LogP contribution in [0.5, 0.6) is 0 Å². The van der Waals surface area contributed by atoms with Gasteiger partial charge in [0.25, 0.3) is 11.6 Å². The highest BCUT2D eigenvalue weighted by Crippen LogP contribution is 2.43. The first-order valence-corrected chi connectivity index (χ1v) is 10.8. The van der Waals surface area contributed by atoms with Gasteiger partial charge < -0.3 is 5.32 Å². The summed E-state index contributed by atoms with van der Waals surface area (Å²) in [7, 11) is 0. The largest absolute Gasteiger partial charge is 0.378 e. The molecule has 1 N–H and O–H groups in total. The van der Waals surface area contributed by atoms with Crippen LogP contribution < -0.4 is 10.2 Å². The summed E-state index contributed by atoms with van der Waals surface area (Å²) in [5.74, 6) is -0.198. The van der Waals surface area contributed by atoms with Crippen LogP contribution in [0.2, 0.25) is 5.02 Å². The summed E-state index contributed by atoms with van der Waals surface area (Å²) >= 11 is 6.10. The van der Waals surface area contributed by atoms with Crippen molar-refractivity contribution in [3.05, 3.63) is 116 Å². The summed E-state index contributed by atoms with van der Waals surface area (Å²) in [6.45, 7) is 0.997. The maximum atomic E-state index is 13.7. The zero-order chi connectivity index (χ0) is 22.9. The zero-order valence-electron chi connectivity index (χ0n) is 17.4. The Morgan fingerprint density at radius 1 is 1.03 bits per heavy atom. The Morgan fingerprint density at radius 3 is 2.52 bits per heavy atom. The topological polar surface area (TPSA) is 87.8 Å². The number of nitro benzene ring substituents is 1. The molecule has 0 bridgehead atoms. The number of hydrogen-bond acceptors (Lipinski definition) is 5. The van der Waals surface area contributed by atoms with Crippen molar-refractivity contribution in [2.75, 3.05) is 18.0 Å². The Bertz CT molecular complexity index is 1300. The Balaban J connectivity index is 1.74. The molecule has 1 amide bonds. The number of halogens is 1. The van der Waals surface area contributed by atoms with Crippen LogP contribution in [0.15, 0.2) is 95.1 Å². The van der Waals surface area contributed by atoms with Crippen molar-refractivity contribution in [3.8, 4) is 0 Å². The maximum Gasteiger partial charge on any atom is 0.275 e. The number of nitrogens with zero attached hydrogens (tertiary/aromatic N) is 3. The van der Waals surface area contributed by atoms with Crippen LogP contribution in [0.25, 0.3) is 0 Å². The number of carbonyl (C=O) groups excluding carboxylic acids is 1. The number of benzene rings is 3. The molecule has 1 atom stereocenters. The summed E-state index contributed by atoms with van der Waals surface area (Å²) in [6, 6.07) is 22.4. The lowest BCUT2D eigenvalue weighted by atomic mass is 9.91. The van der Waals surface area contributed by atoms with E-state index in [-0.39, 0.29) is 11.6 Å². The second kappa shape index (κ2) is 8.52. The normalized spacial score (nSPS) is 17.8. The molecule has 0 aromatic heterocycles. The molecule has 5 rings (SSSR count). The smallest absolute Gasteiger partial charge is 0.275 e. The maximum absolute atomic E-state index is 13.7. The van der Waals surface area contributed by atoms with Gasteiger partial charge in [-0.05, 0) is 29.8 Å². The van der Waals surface area contributed by atoms with Crippen molar-refractivity contribution in [1.82, 2.24) is 5.32 Å². The summed E-state index contributed by atoms with van der Waals surface area (Å²) in [4.78, 5) is 31.3. The van der Waals surface area contributed by atoms with E-state index >= 15 is 0 Å². The molecule has 2 aliphatic rings. The fraction of sp³-hybridized carbons (Fsp3) is 0.120. The first-order chi connectivity index (χ1) is 16.0. The molecule has 1 unspecified atom stereocenters. The van der Waals surface area contributed by atoms with Gasteiger partial charge in [0.15, 0.2) is 0 Å². The number of nitrogens with one attached hydrogen (secondary N) is 1. The second-order valence-corrected chi connectivity index (χ2v) is 8.15. The van der Waals surface area contributed by atoms with Gasteiger partial charge >= 0.3 is 0 Å². The molecule has 3 aromatic rings. The molecule has 0 aliphatic carbocycles. The zero-order valence-corrected chi connectivity index (χ0v) is 18.2. The van der Waals surface area contributed by atoms with Crippen LogP contribution in [-0.2, 0) is 4.79 Å². The molecule has 2 aliphatic heterocycles. The molecule has 0 fully saturated rings. The summed E-state index contributed by atoms with van der Waals surface area (Å²) in [5.41, 5.74) is 3.96. The molecule has 33 heavy (non-hydrogen) atoms. The molecule has 0 radical (unpaired) electrons. The number of hydrogen-bond donors (Lipinski definition) is 1. The predicted molar refractivity (Wildman–Crippen MR) is 128 cm³/mol. The average Bonchev–Trinajstić information content (AvgIpc) is 2.97. The first kappa shape index (κ1) is 20.9. The van der Waals surface area contributed by atoms with Gasteiger partial charge in [-0.15, -0.1) is 0 Å². The highest BCUT2D eigenvalue weighted by molar-refractivity contribution is 6.31. The molecule has 7 nitrogen and oxygen atoms in total. The van der Waals surface area contributed by atoms with Crippen LogP contribution in [-0.4, -0.2) is 29.6 Å². The Morgan fingerprint density at radius 2 is 1.79 bits per heavy atom. The summed E-state index contributed by atoms with van der Waals surface area (Å²) < 4.78 is 0. The molecule has 0 saturated heterocycles. The summed E-state index contributed by atoms with van der Waals surface area (Å²) in [6.07, 6.45) is 0. The number of amides is 1. The number of rotatable bonds is 4. The van der Waals surface area contributed by atoms with Crippen LogP contribution in [0, 0.1) is 10.1 Å². The van der Waals surface area contributed by atoms with Crippen molar-refractivity contribution < 1.29 is 9.72 Å². The Kier molecular flexibility index (Phi) is 5.40. The van der Waals surface area contributed by atoms with Gasteiger partial charge in [-0.1, -0.05) is 54.1 Å². The standard InChI is InChI=1S/C25H19ClN4O3/c26-18-11-9-16(10-12-18)22-21-23(28-14-13-27-22)25(31)29(19-6-2-1-3-7-19)24(21)17-5-4-8-20(15-17)30(32)33/h1-12,15,24,28H,13-14H2. The number of carbonyl (C=O) groups is 1. The summed E-state index contributed by atoms with van der Waals surface area (Å²) in [5, 5.41) is 15.4. The molecule has 2 heterocycles. The van der Waals surface area contributed by atoms with Crippen molar-refractivity contribution in [3.63, 3.8) is 0 Å². The molecule has 3 aromatic carbocycles. The van der Waals surface area contributed by atoms with E-state index in [1.165, 1.54) is 12.1 Å². The van der Waals surface area contributed by atoms with Gasteiger partial charge in [-0.25, -0.2) is 0 Å². The van der Waals surface area contributed by atoms with Gasteiger partial charge in [0.1, 0.15) is 5.70 Å². The van der Waals surface area contributed by atoms with E-state index in [4.69, 9.17) is 16.6 Å². The fourth-order valence-electron chi connectivity index (χ4n) is 4.30. The Hall–Kier alpha value is -3.97. The van der Waals surface area contributed by atoms with Gasteiger partial charge in [0, 0.05) is 40.5 Å². The third-order valence-electron chi connectivity index (χ3n) is 5.72. The SMILES string of the molecule is O=C1C2=C(C(c3ccc(Cl)cc3)=NCCN2)C(c2cccc([N+](=O)[O-])c2)N1c1ccccc1. The monoisotopic (exact) mass is 458 g/mol. The van der Waals surface area contributed by atoms with Crippen LogP contribution in [0.3, 0.4) is 0 Å². The highest BCUT2D eigenvalue weighted by Gasteiger charge is 2.44. The van der Waals surface area contributed by atoms with Crippen LogP contribution >= 0.6 is 11.6 Å². The van der Waals surface area contributed by atoms with E-state index in [0.29, 0.717) is 46.3 Å². The van der Waals surface area contributed by atoms with E-state index < -0.39 is 11.0 Å². The van der Waals surface area contributed by atoms with E-state index in [2.05, 4.69) is 5.32 Å². The van der Waals surface area contributed by atoms with Crippen molar-refractivity contribution in [2.24, 2.45) is 4.99 Å². The van der Waals surface area contributed by atoms with Gasteiger partial charge in [-0.3, -0.25) is 24.8 Å². The highest BCUT2D eigenvalue weighted by atomic mass is 35.5. The van der Waals surface area contributed by atoms with Gasteiger partial charge in [-0.2, -0.15) is 0 Å².